The average molecular weight is 545 g/mol. The van der Waals surface area contributed by atoms with E-state index in [-0.39, 0.29) is 51.7 Å². The lowest BCUT2D eigenvalue weighted by Crippen LogP contribution is -2.50. The standard InChI is InChI=1S/C26H32N4O9/c1-16(31)38-15-17-5-7-19(8-6-17)29-23(35)18(4-2-13-28-25(27)37)14-20(32)26(11-3-12-26)24(36)39-30-21(33)9-10-22(30)34/h5-8,18H,2-4,9-15H2,1H3,(H,29,35)(H3,27,28,37)/t18-/m1/s1. The zero-order valence-electron chi connectivity index (χ0n) is 21.7. The van der Waals surface area contributed by atoms with Gasteiger partial charge in [0.1, 0.15) is 12.0 Å². The molecule has 210 valence electrons. The number of esters is 1. The summed E-state index contributed by atoms with van der Waals surface area (Å²) in [5, 5.41) is 5.60. The van der Waals surface area contributed by atoms with Crippen molar-refractivity contribution in [1.29, 1.82) is 0 Å². The molecule has 1 heterocycles. The van der Waals surface area contributed by atoms with Gasteiger partial charge < -0.3 is 25.9 Å². The quantitative estimate of drug-likeness (QED) is 0.143. The number of ketones is 1. The topological polar surface area (TPSA) is 191 Å². The third kappa shape index (κ3) is 7.62. The van der Waals surface area contributed by atoms with Crippen molar-refractivity contribution in [3.05, 3.63) is 29.8 Å². The molecule has 0 unspecified atom stereocenters. The number of nitrogens with two attached hydrogens (primary N) is 1. The molecule has 0 aromatic heterocycles. The Balaban J connectivity index is 1.68. The smallest absolute Gasteiger partial charge is 0.346 e. The number of ether oxygens (including phenoxy) is 1. The molecule has 1 aliphatic heterocycles. The Morgan fingerprint density at radius 2 is 1.69 bits per heavy atom. The van der Waals surface area contributed by atoms with E-state index in [1.165, 1.54) is 6.92 Å². The first kappa shape index (κ1) is 29.3. The van der Waals surface area contributed by atoms with Crippen LogP contribution in [0.2, 0.25) is 0 Å². The van der Waals surface area contributed by atoms with Crippen LogP contribution in [0.15, 0.2) is 24.3 Å². The number of benzene rings is 1. The SMILES string of the molecule is CC(=O)OCc1ccc(NC(=O)[C@H](CCCNC(N)=O)CC(=O)C2(C(=O)ON3C(=O)CCC3=O)CCC2)cc1. The summed E-state index contributed by atoms with van der Waals surface area (Å²) in [7, 11) is 0. The maximum atomic E-state index is 13.4. The zero-order valence-corrected chi connectivity index (χ0v) is 21.7. The number of imide groups is 1. The number of nitrogens with one attached hydrogen (secondary N) is 2. The first-order chi connectivity index (χ1) is 18.5. The largest absolute Gasteiger partial charge is 0.461 e. The van der Waals surface area contributed by atoms with Gasteiger partial charge in [-0.1, -0.05) is 18.6 Å². The summed E-state index contributed by atoms with van der Waals surface area (Å²) in [6.45, 7) is 1.57. The number of urea groups is 1. The van der Waals surface area contributed by atoms with Crippen molar-refractivity contribution < 1.29 is 43.1 Å². The molecule has 3 rings (SSSR count). The number of primary amides is 1. The van der Waals surface area contributed by atoms with Crippen molar-refractivity contribution in [3.63, 3.8) is 0 Å². The highest BCUT2D eigenvalue weighted by molar-refractivity contribution is 6.08. The average Bonchev–Trinajstić information content (AvgIpc) is 3.16. The fourth-order valence-electron chi connectivity index (χ4n) is 4.37. The molecule has 0 spiro atoms. The van der Waals surface area contributed by atoms with Crippen LogP contribution in [0, 0.1) is 11.3 Å². The number of amides is 5. The van der Waals surface area contributed by atoms with Crippen molar-refractivity contribution in [2.45, 2.75) is 64.9 Å². The van der Waals surface area contributed by atoms with E-state index in [2.05, 4.69) is 10.6 Å². The van der Waals surface area contributed by atoms with Crippen LogP contribution in [0.5, 0.6) is 0 Å². The molecule has 13 heteroatoms. The molecule has 13 nitrogen and oxygen atoms in total. The molecule has 0 bridgehead atoms. The van der Waals surface area contributed by atoms with Gasteiger partial charge in [0, 0.05) is 44.3 Å². The van der Waals surface area contributed by atoms with Gasteiger partial charge in [0.2, 0.25) is 5.91 Å². The van der Waals surface area contributed by atoms with E-state index in [0.717, 1.165) is 0 Å². The molecule has 2 aliphatic rings. The van der Waals surface area contributed by atoms with Crippen molar-refractivity contribution in [2.24, 2.45) is 17.1 Å². The molecule has 39 heavy (non-hydrogen) atoms. The zero-order chi connectivity index (χ0) is 28.6. The number of rotatable bonds is 13. The van der Waals surface area contributed by atoms with Crippen molar-refractivity contribution in [2.75, 3.05) is 11.9 Å². The van der Waals surface area contributed by atoms with Crippen molar-refractivity contribution in [3.8, 4) is 0 Å². The molecule has 2 fully saturated rings. The number of hydroxylamine groups is 2. The van der Waals surface area contributed by atoms with Crippen LogP contribution >= 0.6 is 0 Å². The highest BCUT2D eigenvalue weighted by Crippen LogP contribution is 2.45. The molecular formula is C26H32N4O9. The van der Waals surface area contributed by atoms with Gasteiger partial charge in [0.25, 0.3) is 11.8 Å². The van der Waals surface area contributed by atoms with E-state index in [9.17, 15) is 33.6 Å². The Morgan fingerprint density at radius 3 is 2.23 bits per heavy atom. The van der Waals surface area contributed by atoms with Gasteiger partial charge in [-0.3, -0.25) is 24.0 Å². The van der Waals surface area contributed by atoms with Crippen LogP contribution < -0.4 is 16.4 Å². The Morgan fingerprint density at radius 1 is 1.05 bits per heavy atom. The van der Waals surface area contributed by atoms with Crippen LogP contribution in [-0.4, -0.2) is 53.1 Å². The monoisotopic (exact) mass is 544 g/mol. The van der Waals surface area contributed by atoms with E-state index in [0.29, 0.717) is 29.2 Å². The fraction of sp³-hybridized carbons (Fsp3) is 0.500. The van der Waals surface area contributed by atoms with Crippen LogP contribution in [0.1, 0.15) is 63.9 Å². The van der Waals surface area contributed by atoms with E-state index in [1.54, 1.807) is 24.3 Å². The third-order valence-electron chi connectivity index (χ3n) is 6.81. The van der Waals surface area contributed by atoms with E-state index >= 15 is 0 Å². The summed E-state index contributed by atoms with van der Waals surface area (Å²) in [4.78, 5) is 90.3. The van der Waals surface area contributed by atoms with Gasteiger partial charge in [-0.2, -0.15) is 0 Å². The highest BCUT2D eigenvalue weighted by atomic mass is 16.7. The number of Topliss-reactive ketones (excluding diaryl/α,β-unsaturated/α-hetero) is 1. The maximum Gasteiger partial charge on any atom is 0.346 e. The summed E-state index contributed by atoms with van der Waals surface area (Å²) < 4.78 is 4.94. The molecule has 1 aliphatic carbocycles. The number of hydrogen-bond acceptors (Lipinski definition) is 9. The second-order valence-electron chi connectivity index (χ2n) is 9.62. The minimum absolute atomic E-state index is 0.0701. The molecular weight excluding hydrogens is 512 g/mol. The number of anilines is 1. The van der Waals surface area contributed by atoms with Gasteiger partial charge in [0.05, 0.1) is 0 Å². The Labute approximate surface area is 224 Å². The van der Waals surface area contributed by atoms with E-state index in [4.69, 9.17) is 15.3 Å². The van der Waals surface area contributed by atoms with Crippen LogP contribution in [-0.2, 0) is 44.9 Å². The lowest BCUT2D eigenvalue weighted by Gasteiger charge is -2.38. The Hall–Kier alpha value is -4.29. The predicted molar refractivity (Wildman–Crippen MR) is 134 cm³/mol. The minimum Gasteiger partial charge on any atom is -0.461 e. The van der Waals surface area contributed by atoms with Gasteiger partial charge >= 0.3 is 18.0 Å². The van der Waals surface area contributed by atoms with Crippen LogP contribution in [0.3, 0.4) is 0 Å². The van der Waals surface area contributed by atoms with Gasteiger partial charge in [-0.25, -0.2) is 9.59 Å². The summed E-state index contributed by atoms with van der Waals surface area (Å²) in [5.41, 5.74) is 4.72. The lowest BCUT2D eigenvalue weighted by molar-refractivity contribution is -0.209. The number of hydrogen-bond donors (Lipinski definition) is 3. The van der Waals surface area contributed by atoms with Crippen LogP contribution in [0.25, 0.3) is 0 Å². The number of carbonyl (C=O) groups excluding carboxylic acids is 7. The Bertz CT molecular complexity index is 1130. The van der Waals surface area contributed by atoms with Gasteiger partial charge in [0.15, 0.2) is 5.78 Å². The maximum absolute atomic E-state index is 13.4. The predicted octanol–water partition coefficient (Wildman–Crippen LogP) is 1.49. The molecule has 1 aromatic carbocycles. The first-order valence-electron chi connectivity index (χ1n) is 12.7. The fourth-order valence-corrected chi connectivity index (χ4v) is 4.37. The lowest BCUT2D eigenvalue weighted by atomic mass is 9.64. The normalized spacial score (nSPS) is 16.6. The summed E-state index contributed by atoms with van der Waals surface area (Å²) in [5.74, 6) is -4.52. The first-order valence-corrected chi connectivity index (χ1v) is 12.7. The molecule has 1 aromatic rings. The van der Waals surface area contributed by atoms with Crippen molar-refractivity contribution in [1.82, 2.24) is 10.4 Å². The number of nitrogens with zero attached hydrogens (tertiary/aromatic N) is 1. The highest BCUT2D eigenvalue weighted by Gasteiger charge is 2.54. The minimum atomic E-state index is -1.54. The van der Waals surface area contributed by atoms with E-state index in [1.807, 2.05) is 0 Å². The number of carbonyl (C=O) groups is 7. The summed E-state index contributed by atoms with van der Waals surface area (Å²) in [6, 6.07) is 5.88. The Kier molecular flexibility index (Phi) is 9.74. The second-order valence-corrected chi connectivity index (χ2v) is 9.62. The van der Waals surface area contributed by atoms with E-state index < -0.39 is 52.8 Å². The van der Waals surface area contributed by atoms with Crippen LogP contribution in [0.4, 0.5) is 10.5 Å². The third-order valence-corrected chi connectivity index (χ3v) is 6.81. The second kappa shape index (κ2) is 13.0. The van der Waals surface area contributed by atoms with Crippen molar-refractivity contribution >= 4 is 47.2 Å². The molecule has 1 saturated heterocycles. The van der Waals surface area contributed by atoms with Gasteiger partial charge in [-0.05, 0) is 43.4 Å². The molecule has 0 radical (unpaired) electrons. The summed E-state index contributed by atoms with van der Waals surface area (Å²) >= 11 is 0. The molecule has 1 atom stereocenters. The molecule has 1 saturated carbocycles. The molecule has 4 N–H and O–H groups in total. The molecule has 5 amide bonds. The van der Waals surface area contributed by atoms with Gasteiger partial charge in [-0.15, -0.1) is 5.06 Å². The summed E-state index contributed by atoms with van der Waals surface area (Å²) in [6.07, 6.45) is 1.05.